The second-order valence-electron chi connectivity index (χ2n) is 12.3. The van der Waals surface area contributed by atoms with Crippen molar-refractivity contribution in [3.63, 3.8) is 0 Å². The van der Waals surface area contributed by atoms with E-state index in [1.807, 2.05) is 0 Å². The Balaban J connectivity index is 1.57. The SMILES string of the molecule is CC(C)(C)[Si](C)(C)OC1CC[C@@]2(CO)C(=CC[C@@H]3[C@H]2CC[C@]2(C)C(=O)CC[C@@H]32)C1. The molecule has 0 saturated heterocycles. The Labute approximate surface area is 178 Å². The fourth-order valence-corrected chi connectivity index (χ4v) is 8.57. The summed E-state index contributed by atoms with van der Waals surface area (Å²) in [5, 5.41) is 10.9. The van der Waals surface area contributed by atoms with E-state index in [1.165, 1.54) is 5.57 Å². The van der Waals surface area contributed by atoms with Crippen LogP contribution in [-0.4, -0.2) is 31.9 Å². The van der Waals surface area contributed by atoms with Gasteiger partial charge in [0.1, 0.15) is 5.78 Å². The van der Waals surface area contributed by atoms with Crippen molar-refractivity contribution in [2.24, 2.45) is 28.6 Å². The van der Waals surface area contributed by atoms with Crippen LogP contribution in [-0.2, 0) is 9.22 Å². The zero-order valence-corrected chi connectivity index (χ0v) is 20.5. The van der Waals surface area contributed by atoms with Crippen LogP contribution in [0.15, 0.2) is 11.6 Å². The van der Waals surface area contributed by atoms with E-state index in [0.717, 1.165) is 51.4 Å². The summed E-state index contributed by atoms with van der Waals surface area (Å²) in [7, 11) is -1.78. The van der Waals surface area contributed by atoms with Crippen LogP contribution in [0.5, 0.6) is 0 Å². The van der Waals surface area contributed by atoms with Gasteiger partial charge < -0.3 is 9.53 Å². The molecule has 4 rings (SSSR count). The van der Waals surface area contributed by atoms with E-state index in [0.29, 0.717) is 29.6 Å². The molecule has 164 valence electrons. The van der Waals surface area contributed by atoms with E-state index in [1.54, 1.807) is 0 Å². The van der Waals surface area contributed by atoms with Gasteiger partial charge in [-0.15, -0.1) is 0 Å². The van der Waals surface area contributed by atoms with Crippen molar-refractivity contribution in [3.05, 3.63) is 11.6 Å². The molecule has 4 aliphatic carbocycles. The molecule has 0 heterocycles. The Hall–Kier alpha value is -0.453. The van der Waals surface area contributed by atoms with Gasteiger partial charge in [0.2, 0.25) is 0 Å². The third-order valence-corrected chi connectivity index (χ3v) is 14.6. The average molecular weight is 419 g/mol. The first-order valence-electron chi connectivity index (χ1n) is 12.0. The minimum Gasteiger partial charge on any atom is -0.414 e. The van der Waals surface area contributed by atoms with Gasteiger partial charge in [-0.2, -0.15) is 0 Å². The van der Waals surface area contributed by atoms with Crippen molar-refractivity contribution in [1.82, 2.24) is 0 Å². The topological polar surface area (TPSA) is 46.5 Å². The van der Waals surface area contributed by atoms with Crippen LogP contribution >= 0.6 is 0 Å². The van der Waals surface area contributed by atoms with Crippen LogP contribution in [0.1, 0.15) is 79.1 Å². The van der Waals surface area contributed by atoms with Crippen molar-refractivity contribution in [2.45, 2.75) is 103 Å². The van der Waals surface area contributed by atoms with Crippen molar-refractivity contribution in [2.75, 3.05) is 6.61 Å². The third-order valence-electron chi connectivity index (χ3n) is 10.0. The van der Waals surface area contributed by atoms with E-state index in [2.05, 4.69) is 46.9 Å². The Morgan fingerprint density at radius 2 is 1.90 bits per heavy atom. The lowest BCUT2D eigenvalue weighted by Crippen LogP contribution is -2.54. The second-order valence-corrected chi connectivity index (χ2v) is 17.1. The summed E-state index contributed by atoms with van der Waals surface area (Å²) in [6.07, 6.45) is 11.0. The highest BCUT2D eigenvalue weighted by atomic mass is 28.4. The van der Waals surface area contributed by atoms with E-state index >= 15 is 0 Å². The summed E-state index contributed by atoms with van der Waals surface area (Å²) >= 11 is 0. The average Bonchev–Trinajstić information content (AvgIpc) is 2.95. The van der Waals surface area contributed by atoms with E-state index in [4.69, 9.17) is 4.43 Å². The molecule has 0 aromatic heterocycles. The number of ketones is 1. The fraction of sp³-hybridized carbons (Fsp3) is 0.880. The van der Waals surface area contributed by atoms with Crippen molar-refractivity contribution in [1.29, 1.82) is 0 Å². The van der Waals surface area contributed by atoms with Crippen molar-refractivity contribution in [3.8, 4) is 0 Å². The maximum Gasteiger partial charge on any atom is 0.192 e. The zero-order chi connectivity index (χ0) is 21.2. The van der Waals surface area contributed by atoms with Gasteiger partial charge in [-0.25, -0.2) is 0 Å². The zero-order valence-electron chi connectivity index (χ0n) is 19.5. The van der Waals surface area contributed by atoms with Crippen LogP contribution in [0.25, 0.3) is 0 Å². The van der Waals surface area contributed by atoms with Gasteiger partial charge in [-0.05, 0) is 80.8 Å². The maximum absolute atomic E-state index is 12.6. The standard InChI is InChI=1S/C25H42O3Si/c1-23(2,3)29(5,6)28-18-11-14-25(16-26)17(15-18)7-8-19-20-9-10-22(27)24(20,4)13-12-21(19)25/h7,18-21,26H,8-16H2,1-6H3/t18?,19-,20-,21+,24-,25+/m0/s1. The predicted octanol–water partition coefficient (Wildman–Crippen LogP) is 5.88. The highest BCUT2D eigenvalue weighted by molar-refractivity contribution is 6.74. The molecule has 0 spiro atoms. The van der Waals surface area contributed by atoms with Gasteiger partial charge in [0, 0.05) is 23.4 Å². The van der Waals surface area contributed by atoms with Crippen molar-refractivity contribution >= 4 is 14.1 Å². The summed E-state index contributed by atoms with van der Waals surface area (Å²) in [5.74, 6) is 2.15. The highest BCUT2D eigenvalue weighted by Gasteiger charge is 2.60. The second kappa shape index (κ2) is 7.03. The Morgan fingerprint density at radius 3 is 2.55 bits per heavy atom. The molecule has 29 heavy (non-hydrogen) atoms. The fourth-order valence-electron chi connectivity index (χ4n) is 7.18. The maximum atomic E-state index is 12.6. The van der Waals surface area contributed by atoms with Gasteiger partial charge in [-0.1, -0.05) is 39.3 Å². The Morgan fingerprint density at radius 1 is 1.17 bits per heavy atom. The molecule has 4 aliphatic rings. The first kappa shape index (κ1) is 21.8. The molecule has 0 aliphatic heterocycles. The molecule has 3 fully saturated rings. The lowest BCUT2D eigenvalue weighted by atomic mass is 9.47. The molecule has 3 nitrogen and oxygen atoms in total. The molecule has 0 radical (unpaired) electrons. The number of aliphatic hydroxyl groups is 1. The van der Waals surface area contributed by atoms with E-state index < -0.39 is 8.32 Å². The minimum atomic E-state index is -1.78. The number of carbonyl (C=O) groups excluding carboxylic acids is 1. The normalized spacial score (nSPS) is 42.7. The Kier molecular flexibility index (Phi) is 5.28. The van der Waals surface area contributed by atoms with Gasteiger partial charge >= 0.3 is 0 Å². The highest BCUT2D eigenvalue weighted by Crippen LogP contribution is 2.64. The molecule has 1 N–H and O–H groups in total. The summed E-state index contributed by atoms with van der Waals surface area (Å²) in [6.45, 7) is 14.1. The molecule has 0 aromatic carbocycles. The molecular formula is C25H42O3Si. The van der Waals surface area contributed by atoms with Crippen LogP contribution in [0.2, 0.25) is 18.1 Å². The van der Waals surface area contributed by atoms with Crippen molar-refractivity contribution < 1.29 is 14.3 Å². The van der Waals surface area contributed by atoms with E-state index in [-0.39, 0.29) is 22.5 Å². The van der Waals surface area contributed by atoms with E-state index in [9.17, 15) is 9.90 Å². The molecule has 4 heteroatoms. The van der Waals surface area contributed by atoms with Crippen LogP contribution in [0, 0.1) is 28.6 Å². The predicted molar refractivity (Wildman–Crippen MR) is 120 cm³/mol. The number of allylic oxidation sites excluding steroid dienone is 1. The number of rotatable bonds is 3. The number of hydrogen-bond acceptors (Lipinski definition) is 3. The summed E-state index contributed by atoms with van der Waals surface area (Å²) < 4.78 is 6.79. The molecule has 3 saturated carbocycles. The smallest absolute Gasteiger partial charge is 0.192 e. The molecule has 0 aromatic rings. The molecule has 6 atom stereocenters. The summed E-state index contributed by atoms with van der Waals surface area (Å²) in [6, 6.07) is 0. The third kappa shape index (κ3) is 3.24. The van der Waals surface area contributed by atoms with Gasteiger partial charge in [0.25, 0.3) is 0 Å². The van der Waals surface area contributed by atoms with Crippen LogP contribution < -0.4 is 0 Å². The molecular weight excluding hydrogens is 376 g/mol. The van der Waals surface area contributed by atoms with Gasteiger partial charge in [0.15, 0.2) is 8.32 Å². The van der Waals surface area contributed by atoms with Crippen LogP contribution in [0.4, 0.5) is 0 Å². The molecule has 1 unspecified atom stereocenters. The molecule has 0 bridgehead atoms. The number of hydrogen-bond donors (Lipinski definition) is 1. The van der Waals surface area contributed by atoms with Gasteiger partial charge in [0.05, 0.1) is 6.61 Å². The number of fused-ring (bicyclic) bond motifs is 5. The van der Waals surface area contributed by atoms with Gasteiger partial charge in [-0.3, -0.25) is 4.79 Å². The lowest BCUT2D eigenvalue weighted by Gasteiger charge is -2.58. The first-order chi connectivity index (χ1) is 13.4. The minimum absolute atomic E-state index is 0.0524. The number of carbonyl (C=O) groups is 1. The summed E-state index contributed by atoms with van der Waals surface area (Å²) in [4.78, 5) is 12.6. The largest absolute Gasteiger partial charge is 0.414 e. The monoisotopic (exact) mass is 418 g/mol. The lowest BCUT2D eigenvalue weighted by molar-refractivity contribution is -0.133. The quantitative estimate of drug-likeness (QED) is 0.460. The molecule has 0 amide bonds. The Bertz CT molecular complexity index is 705. The number of aliphatic hydroxyl groups excluding tert-OH is 1. The first-order valence-corrected chi connectivity index (χ1v) is 14.9. The van der Waals surface area contributed by atoms with Crippen LogP contribution in [0.3, 0.4) is 0 Å². The summed E-state index contributed by atoms with van der Waals surface area (Å²) in [5.41, 5.74) is 1.33. The number of Topliss-reactive ketones (excluding diaryl/α,β-unsaturated/α-hetero) is 1.